The summed E-state index contributed by atoms with van der Waals surface area (Å²) in [7, 11) is -1.58. The lowest BCUT2D eigenvalue weighted by Crippen LogP contribution is -2.32. The van der Waals surface area contributed by atoms with Gasteiger partial charge >= 0.3 is 0 Å². The predicted octanol–water partition coefficient (Wildman–Crippen LogP) is 4.45. The topological polar surface area (TPSA) is 56.0 Å². The second kappa shape index (κ2) is 6.61. The van der Waals surface area contributed by atoms with Crippen molar-refractivity contribution in [1.29, 1.82) is 0 Å². The zero-order valence-electron chi connectivity index (χ0n) is 16.9. The molecule has 0 amide bonds. The van der Waals surface area contributed by atoms with Crippen LogP contribution < -0.4 is 5.32 Å². The summed E-state index contributed by atoms with van der Waals surface area (Å²) in [6.07, 6.45) is 5.05. The average molecular weight is 442 g/mol. The van der Waals surface area contributed by atoms with Gasteiger partial charge in [-0.3, -0.25) is 0 Å². The Bertz CT molecular complexity index is 1420. The second-order valence-electron chi connectivity index (χ2n) is 8.43. The quantitative estimate of drug-likeness (QED) is 0.500. The molecule has 1 fully saturated rings. The smallest absolute Gasteiger partial charge is 0.268 e. The Kier molecular flexibility index (Phi) is 4.33. The van der Waals surface area contributed by atoms with Crippen LogP contribution in [0.2, 0.25) is 0 Å². The molecule has 5 nitrogen and oxygen atoms in total. The molecule has 4 aromatic rings. The largest absolute Gasteiger partial charge is 0.347 e. The Labute approximate surface area is 182 Å². The van der Waals surface area contributed by atoms with E-state index in [4.69, 9.17) is 0 Å². The Hall–Kier alpha value is -2.28. The Morgan fingerprint density at radius 1 is 1.03 bits per heavy atom. The van der Waals surface area contributed by atoms with Gasteiger partial charge < -0.3 is 9.88 Å². The molecule has 156 valence electrons. The number of fused-ring (bicyclic) bond motifs is 7. The maximum atomic E-state index is 13.6. The standard InChI is InChI=1S/C23H23N3O2S.ClH/c1-14-13-26(21-6-4-3-5-17(14)21)29(27,28)16-8-10-20-18(12-16)23-19-9-7-15(24-19)11-22(23)25(20)2;/h3-6,8,10,12-13,15,19,24H,7,9,11H2,1-2H3;1H. The molecule has 2 unspecified atom stereocenters. The Balaban J connectivity index is 0.00000193. The molecule has 0 radical (unpaired) electrons. The van der Waals surface area contributed by atoms with Crippen LogP contribution in [0.3, 0.4) is 0 Å². The van der Waals surface area contributed by atoms with Gasteiger partial charge in [0.2, 0.25) is 0 Å². The molecule has 30 heavy (non-hydrogen) atoms. The maximum Gasteiger partial charge on any atom is 0.268 e. The van der Waals surface area contributed by atoms with Crippen molar-refractivity contribution >= 4 is 44.2 Å². The first-order valence-electron chi connectivity index (χ1n) is 10.1. The highest BCUT2D eigenvalue weighted by Gasteiger charge is 2.36. The normalized spacial score (nSPS) is 20.5. The van der Waals surface area contributed by atoms with Gasteiger partial charge in [-0.05, 0) is 55.2 Å². The third-order valence-corrected chi connectivity index (χ3v) is 8.47. The third kappa shape index (κ3) is 2.54. The van der Waals surface area contributed by atoms with Gasteiger partial charge in [-0.15, -0.1) is 12.4 Å². The van der Waals surface area contributed by atoms with Crippen molar-refractivity contribution in [2.24, 2.45) is 7.05 Å². The number of para-hydroxylation sites is 1. The van der Waals surface area contributed by atoms with Crippen LogP contribution in [0.5, 0.6) is 0 Å². The van der Waals surface area contributed by atoms with Crippen LogP contribution in [0, 0.1) is 6.92 Å². The molecule has 2 atom stereocenters. The van der Waals surface area contributed by atoms with Crippen molar-refractivity contribution in [2.45, 2.75) is 43.2 Å². The summed E-state index contributed by atoms with van der Waals surface area (Å²) in [5.41, 5.74) is 5.44. The van der Waals surface area contributed by atoms with Crippen molar-refractivity contribution in [3.63, 3.8) is 0 Å². The molecule has 2 bridgehead atoms. The summed E-state index contributed by atoms with van der Waals surface area (Å²) >= 11 is 0. The zero-order valence-corrected chi connectivity index (χ0v) is 18.6. The van der Waals surface area contributed by atoms with E-state index in [1.165, 1.54) is 21.7 Å². The van der Waals surface area contributed by atoms with E-state index in [9.17, 15) is 8.42 Å². The number of halogens is 1. The van der Waals surface area contributed by atoms with E-state index in [1.54, 1.807) is 12.3 Å². The van der Waals surface area contributed by atoms with Gasteiger partial charge in [-0.25, -0.2) is 12.4 Å². The van der Waals surface area contributed by atoms with Gasteiger partial charge in [0.15, 0.2) is 0 Å². The van der Waals surface area contributed by atoms with Gasteiger partial charge in [-0.2, -0.15) is 0 Å². The van der Waals surface area contributed by atoms with Crippen molar-refractivity contribution in [3.05, 3.63) is 65.5 Å². The van der Waals surface area contributed by atoms with E-state index in [2.05, 4.69) is 16.9 Å². The minimum atomic E-state index is -3.68. The first-order valence-corrected chi connectivity index (χ1v) is 11.6. The van der Waals surface area contributed by atoms with E-state index in [-0.39, 0.29) is 12.4 Å². The number of hydrogen-bond donors (Lipinski definition) is 1. The van der Waals surface area contributed by atoms with E-state index >= 15 is 0 Å². The van der Waals surface area contributed by atoms with Crippen molar-refractivity contribution in [3.8, 4) is 0 Å². The highest BCUT2D eigenvalue weighted by molar-refractivity contribution is 7.90. The first kappa shape index (κ1) is 19.7. The molecule has 4 heterocycles. The van der Waals surface area contributed by atoms with E-state index in [0.29, 0.717) is 17.0 Å². The van der Waals surface area contributed by atoms with Gasteiger partial charge in [0.05, 0.1) is 10.4 Å². The molecule has 0 aliphatic carbocycles. The number of hydrogen-bond acceptors (Lipinski definition) is 3. The third-order valence-electron chi connectivity index (χ3n) is 6.80. The molecule has 2 aromatic heterocycles. The molecular weight excluding hydrogens is 418 g/mol. The van der Waals surface area contributed by atoms with Gasteiger partial charge in [0.1, 0.15) is 0 Å². The van der Waals surface area contributed by atoms with Crippen LogP contribution in [-0.4, -0.2) is 23.0 Å². The van der Waals surface area contributed by atoms with E-state index in [1.807, 2.05) is 43.3 Å². The molecule has 2 aromatic carbocycles. The summed E-state index contributed by atoms with van der Waals surface area (Å²) in [5, 5.41) is 5.73. The fraction of sp³-hybridized carbons (Fsp3) is 0.304. The van der Waals surface area contributed by atoms with Crippen LogP contribution in [0.1, 0.15) is 35.7 Å². The summed E-state index contributed by atoms with van der Waals surface area (Å²) in [6.45, 7) is 1.95. The van der Waals surface area contributed by atoms with Crippen LogP contribution in [-0.2, 0) is 23.5 Å². The number of rotatable bonds is 2. The van der Waals surface area contributed by atoms with E-state index in [0.717, 1.165) is 40.2 Å². The van der Waals surface area contributed by atoms with Crippen LogP contribution in [0.15, 0.2) is 53.6 Å². The first-order chi connectivity index (χ1) is 13.9. The van der Waals surface area contributed by atoms with Gasteiger partial charge in [0.25, 0.3) is 10.0 Å². The minimum Gasteiger partial charge on any atom is -0.347 e. The van der Waals surface area contributed by atoms with Crippen LogP contribution >= 0.6 is 12.4 Å². The van der Waals surface area contributed by atoms with Crippen molar-refractivity contribution < 1.29 is 8.42 Å². The Morgan fingerprint density at radius 2 is 1.83 bits per heavy atom. The minimum absolute atomic E-state index is 0. The fourth-order valence-corrected chi connectivity index (χ4v) is 6.82. The van der Waals surface area contributed by atoms with Crippen molar-refractivity contribution in [1.82, 2.24) is 13.9 Å². The number of aromatic nitrogens is 2. The molecule has 6 rings (SSSR count). The molecule has 1 N–H and O–H groups in total. The molecule has 1 saturated heterocycles. The lowest BCUT2D eigenvalue weighted by Gasteiger charge is -2.23. The Morgan fingerprint density at radius 3 is 2.67 bits per heavy atom. The molecular formula is C23H24ClN3O2S. The highest BCUT2D eigenvalue weighted by Crippen LogP contribution is 2.42. The number of nitrogens with zero attached hydrogens (tertiary/aromatic N) is 2. The zero-order chi connectivity index (χ0) is 19.9. The second-order valence-corrected chi connectivity index (χ2v) is 10.2. The summed E-state index contributed by atoms with van der Waals surface area (Å²) in [5.74, 6) is 0. The predicted molar refractivity (Wildman–Crippen MR) is 122 cm³/mol. The summed E-state index contributed by atoms with van der Waals surface area (Å²) < 4.78 is 30.8. The molecule has 0 saturated carbocycles. The number of nitrogens with one attached hydrogen (secondary N) is 1. The summed E-state index contributed by atoms with van der Waals surface area (Å²) in [6, 6.07) is 14.1. The maximum absolute atomic E-state index is 13.6. The number of benzene rings is 2. The van der Waals surface area contributed by atoms with Crippen molar-refractivity contribution in [2.75, 3.05) is 0 Å². The fourth-order valence-electron chi connectivity index (χ4n) is 5.37. The van der Waals surface area contributed by atoms with Gasteiger partial charge in [-0.1, -0.05) is 18.2 Å². The average Bonchev–Trinajstić information content (AvgIpc) is 3.36. The molecule has 2 aliphatic heterocycles. The SMILES string of the molecule is Cc1cn(S(=O)(=O)c2ccc3c(c2)c2c(n3C)CC3CCC2N3)c2ccccc12.Cl. The molecule has 0 spiro atoms. The summed E-state index contributed by atoms with van der Waals surface area (Å²) in [4.78, 5) is 0.347. The lowest BCUT2D eigenvalue weighted by molar-refractivity contribution is 0.503. The monoisotopic (exact) mass is 441 g/mol. The van der Waals surface area contributed by atoms with E-state index < -0.39 is 10.0 Å². The van der Waals surface area contributed by atoms with Crippen LogP contribution in [0.4, 0.5) is 0 Å². The lowest BCUT2D eigenvalue weighted by atomic mass is 9.99. The molecule has 7 heteroatoms. The highest BCUT2D eigenvalue weighted by atomic mass is 35.5. The number of aryl methyl sites for hydroxylation is 2. The van der Waals surface area contributed by atoms with Gasteiger partial charge in [0, 0.05) is 53.7 Å². The molecule has 2 aliphatic rings. The van der Waals surface area contributed by atoms with Crippen LogP contribution in [0.25, 0.3) is 21.8 Å².